The maximum Gasteiger partial charge on any atom is 0.416 e. The average molecular weight is 287 g/mol. The number of alkyl halides is 3. The Morgan fingerprint density at radius 1 is 1.35 bits per heavy atom. The van der Waals surface area contributed by atoms with Crippen molar-refractivity contribution in [3.05, 3.63) is 29.3 Å². The smallest absolute Gasteiger partial charge is 0.416 e. The number of rotatable bonds is 3. The first-order valence-corrected chi connectivity index (χ1v) is 6.00. The lowest BCUT2D eigenvalue weighted by molar-refractivity contribution is -0.138. The number of aliphatic carboxylic acids is 1. The Bertz CT molecular complexity index is 542. The molecule has 1 atom stereocenters. The maximum atomic E-state index is 12.8. The summed E-state index contributed by atoms with van der Waals surface area (Å²) >= 11 is 0. The van der Waals surface area contributed by atoms with Crippen LogP contribution in [0.4, 0.5) is 18.9 Å². The van der Waals surface area contributed by atoms with Crippen LogP contribution in [-0.4, -0.2) is 29.9 Å². The van der Waals surface area contributed by atoms with Crippen LogP contribution in [0.15, 0.2) is 18.2 Å². The number of carboxylic acid groups (broad SMARTS) is 1. The number of carbonyl (C=O) groups excluding carboxylic acids is 1. The molecule has 0 radical (unpaired) electrons. The summed E-state index contributed by atoms with van der Waals surface area (Å²) in [4.78, 5) is 23.2. The maximum absolute atomic E-state index is 12.8. The van der Waals surface area contributed by atoms with Gasteiger partial charge in [0.25, 0.3) is 0 Å². The van der Waals surface area contributed by atoms with Gasteiger partial charge in [-0.15, -0.1) is 0 Å². The van der Waals surface area contributed by atoms with Gasteiger partial charge in [-0.05, 0) is 31.0 Å². The number of hydrogen-bond acceptors (Lipinski definition) is 3. The van der Waals surface area contributed by atoms with E-state index in [9.17, 15) is 22.8 Å². The Labute approximate surface area is 112 Å². The van der Waals surface area contributed by atoms with Crippen molar-refractivity contribution in [2.45, 2.75) is 25.1 Å². The van der Waals surface area contributed by atoms with Crippen molar-refractivity contribution in [3.63, 3.8) is 0 Å². The molecule has 0 saturated carbocycles. The van der Waals surface area contributed by atoms with Crippen LogP contribution >= 0.6 is 0 Å². The van der Waals surface area contributed by atoms with Crippen LogP contribution in [0, 0.1) is 0 Å². The van der Waals surface area contributed by atoms with Crippen molar-refractivity contribution < 1.29 is 27.9 Å². The quantitative estimate of drug-likeness (QED) is 0.868. The first-order chi connectivity index (χ1) is 9.32. The molecule has 4 nitrogen and oxygen atoms in total. The van der Waals surface area contributed by atoms with E-state index in [0.29, 0.717) is 25.7 Å². The van der Waals surface area contributed by atoms with Gasteiger partial charge in [0.2, 0.25) is 0 Å². The molecule has 0 aromatic heterocycles. The highest BCUT2D eigenvalue weighted by atomic mass is 19.4. The normalized spacial score (nSPS) is 19.1. The molecule has 0 amide bonds. The predicted molar refractivity (Wildman–Crippen MR) is 64.8 cm³/mol. The fraction of sp³-hybridized carbons (Fsp3) is 0.385. The molecule has 1 heterocycles. The number of aldehydes is 1. The van der Waals surface area contributed by atoms with Gasteiger partial charge >= 0.3 is 12.1 Å². The molecular weight excluding hydrogens is 275 g/mol. The Morgan fingerprint density at radius 2 is 2.05 bits per heavy atom. The topological polar surface area (TPSA) is 57.6 Å². The van der Waals surface area contributed by atoms with Crippen molar-refractivity contribution in [1.29, 1.82) is 0 Å². The molecule has 1 aromatic rings. The van der Waals surface area contributed by atoms with Crippen LogP contribution in [0.1, 0.15) is 28.8 Å². The van der Waals surface area contributed by atoms with Crippen LogP contribution in [0.25, 0.3) is 0 Å². The molecule has 1 N–H and O–H groups in total. The van der Waals surface area contributed by atoms with Gasteiger partial charge in [0.05, 0.1) is 5.56 Å². The minimum absolute atomic E-state index is 0.117. The van der Waals surface area contributed by atoms with Crippen molar-refractivity contribution in [2.75, 3.05) is 11.4 Å². The van der Waals surface area contributed by atoms with Gasteiger partial charge < -0.3 is 10.0 Å². The predicted octanol–water partition coefficient (Wildman–Crippen LogP) is 2.57. The van der Waals surface area contributed by atoms with Gasteiger partial charge in [0.15, 0.2) is 0 Å². The second-order valence-corrected chi connectivity index (χ2v) is 4.62. The molecule has 108 valence electrons. The van der Waals surface area contributed by atoms with E-state index in [1.165, 1.54) is 11.0 Å². The third-order valence-electron chi connectivity index (χ3n) is 3.27. The standard InChI is InChI=1S/C13H12F3NO3/c14-13(15,16)9-4-8(7-18)5-10(6-9)17-3-1-2-11(17)12(19)20/h4-7,11H,1-3H2,(H,19,20)/t11-/m0/s1. The third kappa shape index (κ3) is 2.76. The number of anilines is 1. The lowest BCUT2D eigenvalue weighted by Gasteiger charge is -2.24. The zero-order valence-electron chi connectivity index (χ0n) is 10.4. The second kappa shape index (κ2) is 5.15. The van der Waals surface area contributed by atoms with E-state index >= 15 is 0 Å². The molecule has 7 heteroatoms. The fourth-order valence-corrected chi connectivity index (χ4v) is 2.36. The zero-order valence-corrected chi connectivity index (χ0v) is 10.4. The van der Waals surface area contributed by atoms with E-state index in [4.69, 9.17) is 5.11 Å². The number of benzene rings is 1. The van der Waals surface area contributed by atoms with Gasteiger partial charge in [-0.25, -0.2) is 4.79 Å². The molecule has 0 bridgehead atoms. The van der Waals surface area contributed by atoms with Crippen LogP contribution in [-0.2, 0) is 11.0 Å². The largest absolute Gasteiger partial charge is 0.480 e. The third-order valence-corrected chi connectivity index (χ3v) is 3.27. The van der Waals surface area contributed by atoms with E-state index in [2.05, 4.69) is 0 Å². The number of halogens is 3. The summed E-state index contributed by atoms with van der Waals surface area (Å²) in [5.41, 5.74) is -0.953. The minimum atomic E-state index is -4.58. The fourth-order valence-electron chi connectivity index (χ4n) is 2.36. The molecule has 0 unspecified atom stereocenters. The summed E-state index contributed by atoms with van der Waals surface area (Å²) in [6.07, 6.45) is -3.29. The average Bonchev–Trinajstić information content (AvgIpc) is 2.86. The highest BCUT2D eigenvalue weighted by Crippen LogP contribution is 2.34. The van der Waals surface area contributed by atoms with E-state index in [1.54, 1.807) is 0 Å². The van der Waals surface area contributed by atoms with Crippen LogP contribution in [0.5, 0.6) is 0 Å². The van der Waals surface area contributed by atoms with E-state index in [0.717, 1.165) is 12.1 Å². The number of carbonyl (C=O) groups is 2. The first kappa shape index (κ1) is 14.4. The highest BCUT2D eigenvalue weighted by Gasteiger charge is 2.34. The van der Waals surface area contributed by atoms with Crippen LogP contribution in [0.3, 0.4) is 0 Å². The molecular formula is C13H12F3NO3. The molecule has 1 saturated heterocycles. The Kier molecular flexibility index (Phi) is 3.69. The molecule has 20 heavy (non-hydrogen) atoms. The van der Waals surface area contributed by atoms with Gasteiger partial charge in [-0.2, -0.15) is 13.2 Å². The molecule has 0 spiro atoms. The molecule has 1 fully saturated rings. The Hall–Kier alpha value is -2.05. The SMILES string of the molecule is O=Cc1cc(N2CCC[C@H]2C(=O)O)cc(C(F)(F)F)c1. The van der Waals surface area contributed by atoms with Crippen molar-refractivity contribution in [2.24, 2.45) is 0 Å². The lowest BCUT2D eigenvalue weighted by Crippen LogP contribution is -2.36. The second-order valence-electron chi connectivity index (χ2n) is 4.62. The van der Waals surface area contributed by atoms with Gasteiger partial charge in [0, 0.05) is 17.8 Å². The summed E-state index contributed by atoms with van der Waals surface area (Å²) in [6, 6.07) is 2.07. The summed E-state index contributed by atoms with van der Waals surface area (Å²) in [7, 11) is 0. The molecule has 2 rings (SSSR count). The number of carboxylic acids is 1. The molecule has 0 aliphatic carbocycles. The molecule has 1 aromatic carbocycles. The summed E-state index contributed by atoms with van der Waals surface area (Å²) in [5, 5.41) is 9.07. The number of hydrogen-bond donors (Lipinski definition) is 1. The first-order valence-electron chi connectivity index (χ1n) is 6.00. The minimum Gasteiger partial charge on any atom is -0.480 e. The van der Waals surface area contributed by atoms with Crippen molar-refractivity contribution in [1.82, 2.24) is 0 Å². The lowest BCUT2D eigenvalue weighted by atomic mass is 10.1. The van der Waals surface area contributed by atoms with Crippen molar-refractivity contribution >= 4 is 17.9 Å². The van der Waals surface area contributed by atoms with E-state index < -0.39 is 23.8 Å². The molecule has 1 aliphatic rings. The number of nitrogens with zero attached hydrogens (tertiary/aromatic N) is 1. The summed E-state index contributed by atoms with van der Waals surface area (Å²) in [5.74, 6) is -1.08. The Morgan fingerprint density at radius 3 is 2.60 bits per heavy atom. The van der Waals surface area contributed by atoms with E-state index in [1.807, 2.05) is 0 Å². The monoisotopic (exact) mass is 287 g/mol. The van der Waals surface area contributed by atoms with Gasteiger partial charge in [-0.3, -0.25) is 4.79 Å². The van der Waals surface area contributed by atoms with Gasteiger partial charge in [0.1, 0.15) is 12.3 Å². The zero-order chi connectivity index (χ0) is 14.9. The molecule has 1 aliphatic heterocycles. The van der Waals surface area contributed by atoms with Gasteiger partial charge in [-0.1, -0.05) is 0 Å². The summed E-state index contributed by atoms with van der Waals surface area (Å²) < 4.78 is 38.3. The highest BCUT2D eigenvalue weighted by molar-refractivity contribution is 5.82. The Balaban J connectivity index is 2.45. The van der Waals surface area contributed by atoms with E-state index in [-0.39, 0.29) is 11.3 Å². The van der Waals surface area contributed by atoms with Crippen LogP contribution < -0.4 is 4.90 Å². The van der Waals surface area contributed by atoms with Crippen molar-refractivity contribution in [3.8, 4) is 0 Å². The summed E-state index contributed by atoms with van der Waals surface area (Å²) in [6.45, 7) is 0.358. The van der Waals surface area contributed by atoms with Crippen LogP contribution in [0.2, 0.25) is 0 Å².